The molecule has 0 aromatic heterocycles. The highest BCUT2D eigenvalue weighted by Gasteiger charge is 2.30. The lowest BCUT2D eigenvalue weighted by molar-refractivity contribution is -0.0789. The zero-order valence-corrected chi connectivity index (χ0v) is 12.8. The standard InChI is InChI=1S/C15H4F10O3/c16-5-1-3(7(18)11(22)9(5)20)13(24)27-15(26)28-14(25)4-2-6(17)10(21)12(23)8(4)19/h1-2,13-14H. The molecule has 0 spiro atoms. The molecule has 0 aliphatic rings. The minimum Gasteiger partial charge on any atom is -0.395 e. The van der Waals surface area contributed by atoms with Gasteiger partial charge in [0.2, 0.25) is 0 Å². The number of halogens is 10. The molecule has 152 valence electrons. The van der Waals surface area contributed by atoms with E-state index in [0.29, 0.717) is 0 Å². The number of carbonyl (C=O) groups excluding carboxylic acids is 1. The number of rotatable bonds is 4. The van der Waals surface area contributed by atoms with E-state index in [1.54, 1.807) is 0 Å². The second-order valence-corrected chi connectivity index (χ2v) is 4.90. The van der Waals surface area contributed by atoms with Crippen LogP contribution in [0.3, 0.4) is 0 Å². The number of ether oxygens (including phenoxy) is 2. The molecular formula is C15H4F10O3. The normalized spacial score (nSPS) is 13.2. The molecule has 2 aromatic rings. The molecule has 2 unspecified atom stereocenters. The van der Waals surface area contributed by atoms with E-state index in [9.17, 15) is 48.7 Å². The van der Waals surface area contributed by atoms with Gasteiger partial charge in [-0.25, -0.2) is 39.9 Å². The molecule has 0 bridgehead atoms. The number of benzene rings is 2. The number of alkyl halides is 2. The zero-order valence-electron chi connectivity index (χ0n) is 12.8. The Labute approximate surface area is 148 Å². The van der Waals surface area contributed by atoms with Gasteiger partial charge >= 0.3 is 6.16 Å². The van der Waals surface area contributed by atoms with Crippen LogP contribution in [0.2, 0.25) is 0 Å². The van der Waals surface area contributed by atoms with E-state index in [4.69, 9.17) is 0 Å². The largest absolute Gasteiger partial charge is 0.513 e. The van der Waals surface area contributed by atoms with Gasteiger partial charge in [-0.15, -0.1) is 0 Å². The number of carbonyl (C=O) groups is 1. The third-order valence-electron chi connectivity index (χ3n) is 3.15. The lowest BCUT2D eigenvalue weighted by Crippen LogP contribution is -2.15. The molecule has 0 fully saturated rings. The van der Waals surface area contributed by atoms with E-state index in [2.05, 4.69) is 9.47 Å². The molecule has 28 heavy (non-hydrogen) atoms. The first-order valence-electron chi connectivity index (χ1n) is 6.76. The lowest BCUT2D eigenvalue weighted by atomic mass is 10.2. The highest BCUT2D eigenvalue weighted by Crippen LogP contribution is 2.30. The third kappa shape index (κ3) is 3.97. The maximum atomic E-state index is 13.7. The van der Waals surface area contributed by atoms with Crippen LogP contribution < -0.4 is 0 Å². The monoisotopic (exact) mass is 422 g/mol. The van der Waals surface area contributed by atoms with E-state index in [0.717, 1.165) is 0 Å². The van der Waals surface area contributed by atoms with Crippen molar-refractivity contribution in [2.45, 2.75) is 12.7 Å². The molecule has 13 heteroatoms. The summed E-state index contributed by atoms with van der Waals surface area (Å²) in [5.41, 5.74) is -3.32. The summed E-state index contributed by atoms with van der Waals surface area (Å²) in [6.07, 6.45) is -9.10. The SMILES string of the molecule is O=C(OC(F)c1cc(F)c(F)c(F)c1F)OC(F)c1cc(F)c(F)c(F)c1F. The number of hydrogen-bond acceptors (Lipinski definition) is 3. The Kier molecular flexibility index (Phi) is 6.04. The van der Waals surface area contributed by atoms with E-state index in [-0.39, 0.29) is 12.1 Å². The van der Waals surface area contributed by atoms with Crippen LogP contribution in [-0.2, 0) is 9.47 Å². The Morgan fingerprint density at radius 3 is 1.25 bits per heavy atom. The van der Waals surface area contributed by atoms with Crippen LogP contribution in [0.4, 0.5) is 48.7 Å². The molecule has 2 rings (SSSR count). The molecule has 0 amide bonds. The first-order valence-corrected chi connectivity index (χ1v) is 6.76. The highest BCUT2D eigenvalue weighted by molar-refractivity contribution is 5.60. The van der Waals surface area contributed by atoms with E-state index in [1.165, 1.54) is 0 Å². The van der Waals surface area contributed by atoms with Crippen molar-refractivity contribution >= 4 is 6.16 Å². The summed E-state index contributed by atoms with van der Waals surface area (Å²) >= 11 is 0. The summed E-state index contributed by atoms with van der Waals surface area (Å²) in [4.78, 5) is 11.2. The fourth-order valence-electron chi connectivity index (χ4n) is 1.84. The van der Waals surface area contributed by atoms with Crippen molar-refractivity contribution in [2.24, 2.45) is 0 Å². The summed E-state index contributed by atoms with van der Waals surface area (Å²) in [6.45, 7) is 0. The maximum Gasteiger partial charge on any atom is 0.513 e. The molecular weight excluding hydrogens is 418 g/mol. The molecule has 0 N–H and O–H groups in total. The predicted octanol–water partition coefficient (Wildman–Crippen LogP) is 5.59. The molecule has 0 saturated carbocycles. The third-order valence-corrected chi connectivity index (χ3v) is 3.15. The zero-order chi connectivity index (χ0) is 21.3. The summed E-state index contributed by atoms with van der Waals surface area (Å²) in [7, 11) is 0. The van der Waals surface area contributed by atoms with Gasteiger partial charge in [-0.1, -0.05) is 0 Å². The quantitative estimate of drug-likeness (QED) is 0.279. The summed E-state index contributed by atoms with van der Waals surface area (Å²) in [6, 6.07) is -0.438. The van der Waals surface area contributed by atoms with Crippen molar-refractivity contribution in [3.63, 3.8) is 0 Å². The molecule has 3 nitrogen and oxygen atoms in total. The molecule has 2 atom stereocenters. The Bertz CT molecular complexity index is 860. The lowest BCUT2D eigenvalue weighted by Gasteiger charge is -2.15. The van der Waals surface area contributed by atoms with Gasteiger partial charge in [0.15, 0.2) is 46.5 Å². The van der Waals surface area contributed by atoms with Crippen LogP contribution in [0.5, 0.6) is 0 Å². The van der Waals surface area contributed by atoms with Gasteiger partial charge in [0.1, 0.15) is 0 Å². The molecule has 0 saturated heterocycles. The Morgan fingerprint density at radius 1 is 0.607 bits per heavy atom. The molecule has 2 aromatic carbocycles. The average Bonchev–Trinajstić information content (AvgIpc) is 2.63. The van der Waals surface area contributed by atoms with Crippen LogP contribution in [0, 0.1) is 46.5 Å². The molecule has 0 radical (unpaired) electrons. The minimum absolute atomic E-state index is 0.219. The Hall–Kier alpha value is -2.99. The van der Waals surface area contributed by atoms with Crippen LogP contribution in [-0.4, -0.2) is 6.16 Å². The average molecular weight is 422 g/mol. The second-order valence-electron chi connectivity index (χ2n) is 4.90. The van der Waals surface area contributed by atoms with Crippen molar-refractivity contribution in [2.75, 3.05) is 0 Å². The van der Waals surface area contributed by atoms with E-state index < -0.39 is 76.5 Å². The van der Waals surface area contributed by atoms with Gasteiger partial charge in [-0.3, -0.25) is 0 Å². The summed E-state index contributed by atoms with van der Waals surface area (Å²) < 4.78 is 139. The fourth-order valence-corrected chi connectivity index (χ4v) is 1.84. The van der Waals surface area contributed by atoms with Crippen LogP contribution in [0.25, 0.3) is 0 Å². The number of hydrogen-bond donors (Lipinski definition) is 0. The van der Waals surface area contributed by atoms with E-state index in [1.807, 2.05) is 0 Å². The van der Waals surface area contributed by atoms with Crippen molar-refractivity contribution < 1.29 is 58.2 Å². The van der Waals surface area contributed by atoms with Crippen LogP contribution in [0.1, 0.15) is 23.8 Å². The Balaban J connectivity index is 2.17. The molecule has 0 aliphatic heterocycles. The maximum absolute atomic E-state index is 13.7. The van der Waals surface area contributed by atoms with Gasteiger partial charge in [0, 0.05) is 0 Å². The fraction of sp³-hybridized carbons (Fsp3) is 0.133. The summed E-state index contributed by atoms with van der Waals surface area (Å²) in [5.74, 6) is -18.2. The first-order chi connectivity index (χ1) is 13.0. The molecule has 0 aliphatic carbocycles. The summed E-state index contributed by atoms with van der Waals surface area (Å²) in [5, 5.41) is 0. The van der Waals surface area contributed by atoms with Gasteiger partial charge in [0.05, 0.1) is 11.1 Å². The van der Waals surface area contributed by atoms with E-state index >= 15 is 0 Å². The molecule has 0 heterocycles. The topological polar surface area (TPSA) is 35.5 Å². The Morgan fingerprint density at radius 2 is 0.929 bits per heavy atom. The van der Waals surface area contributed by atoms with Gasteiger partial charge in [0.25, 0.3) is 12.7 Å². The van der Waals surface area contributed by atoms with Crippen LogP contribution >= 0.6 is 0 Å². The smallest absolute Gasteiger partial charge is 0.395 e. The van der Waals surface area contributed by atoms with Gasteiger partial charge < -0.3 is 9.47 Å². The van der Waals surface area contributed by atoms with Crippen LogP contribution in [0.15, 0.2) is 12.1 Å². The highest BCUT2D eigenvalue weighted by atomic mass is 19.2. The van der Waals surface area contributed by atoms with Crippen molar-refractivity contribution in [3.8, 4) is 0 Å². The van der Waals surface area contributed by atoms with Crippen molar-refractivity contribution in [3.05, 3.63) is 69.8 Å². The first kappa shape index (κ1) is 21.3. The predicted molar refractivity (Wildman–Crippen MR) is 67.8 cm³/mol. The van der Waals surface area contributed by atoms with Gasteiger partial charge in [-0.2, -0.15) is 8.78 Å². The van der Waals surface area contributed by atoms with Crippen molar-refractivity contribution in [1.29, 1.82) is 0 Å². The van der Waals surface area contributed by atoms with Gasteiger partial charge in [-0.05, 0) is 12.1 Å². The van der Waals surface area contributed by atoms with Crippen molar-refractivity contribution in [1.82, 2.24) is 0 Å². The second kappa shape index (κ2) is 7.94. The minimum atomic E-state index is -3.35.